The number of aryl methyl sites for hydroxylation is 3. The Kier molecular flexibility index (Phi) is 5.93. The van der Waals surface area contributed by atoms with Crippen molar-refractivity contribution in [3.8, 4) is 22.5 Å². The van der Waals surface area contributed by atoms with Crippen LogP contribution >= 0.6 is 0 Å². The van der Waals surface area contributed by atoms with Gasteiger partial charge < -0.3 is 14.2 Å². The molecule has 0 bridgehead atoms. The third-order valence-electron chi connectivity index (χ3n) is 7.40. The first-order chi connectivity index (χ1) is 19.5. The van der Waals surface area contributed by atoms with Crippen molar-refractivity contribution < 1.29 is 9.90 Å². The molecule has 0 aliphatic heterocycles. The molecule has 6 heteroatoms. The van der Waals surface area contributed by atoms with Crippen LogP contribution in [0.3, 0.4) is 0 Å². The van der Waals surface area contributed by atoms with Gasteiger partial charge in [0.05, 0.1) is 27.6 Å². The Balaban J connectivity index is 1.41. The van der Waals surface area contributed by atoms with Crippen LogP contribution in [0.25, 0.3) is 46.0 Å². The normalized spacial score (nSPS) is 11.7. The van der Waals surface area contributed by atoms with E-state index in [0.29, 0.717) is 12.1 Å². The van der Waals surface area contributed by atoms with E-state index in [-0.39, 0.29) is 0 Å². The molecule has 0 unspecified atom stereocenters. The van der Waals surface area contributed by atoms with Crippen molar-refractivity contribution in [2.75, 3.05) is 0 Å². The van der Waals surface area contributed by atoms with Crippen molar-refractivity contribution in [3.63, 3.8) is 0 Å². The predicted molar refractivity (Wildman–Crippen MR) is 156 cm³/mol. The van der Waals surface area contributed by atoms with E-state index in [1.165, 1.54) is 0 Å². The molecule has 0 aliphatic carbocycles. The number of imidazole rings is 2. The molecule has 0 atom stereocenters. The van der Waals surface area contributed by atoms with E-state index in [1.54, 1.807) is 12.1 Å². The highest BCUT2D eigenvalue weighted by atomic mass is 16.4. The smallest absolute Gasteiger partial charge is 0.336 e. The van der Waals surface area contributed by atoms with E-state index in [0.717, 1.165) is 74.4 Å². The van der Waals surface area contributed by atoms with Gasteiger partial charge in [-0.1, -0.05) is 61.5 Å². The van der Waals surface area contributed by atoms with Gasteiger partial charge in [0.1, 0.15) is 11.6 Å². The van der Waals surface area contributed by atoms with Crippen LogP contribution in [0.5, 0.6) is 0 Å². The van der Waals surface area contributed by atoms with Gasteiger partial charge in [-0.3, -0.25) is 0 Å². The number of aromatic carboxylic acids is 1. The van der Waals surface area contributed by atoms with E-state index < -0.39 is 5.97 Å². The van der Waals surface area contributed by atoms with Gasteiger partial charge in [-0.25, -0.2) is 14.8 Å². The second-order valence-corrected chi connectivity index (χ2v) is 10.0. The Bertz CT molecular complexity index is 1870. The Morgan fingerprint density at radius 3 is 2.46 bits per heavy atom. The Labute approximate surface area is 228 Å². The summed E-state index contributed by atoms with van der Waals surface area (Å²) in [5, 5.41) is 4.24. The van der Waals surface area contributed by atoms with Gasteiger partial charge in [0, 0.05) is 25.6 Å². The fourth-order valence-corrected chi connectivity index (χ4v) is 5.45. The zero-order valence-corrected chi connectivity index (χ0v) is 22.3. The topological polar surface area (TPSA) is 72.9 Å². The molecule has 0 saturated carbocycles. The van der Waals surface area contributed by atoms with Crippen molar-refractivity contribution in [2.24, 2.45) is 7.05 Å². The summed E-state index contributed by atoms with van der Waals surface area (Å²) in [6.07, 6.45) is 1.89. The van der Waals surface area contributed by atoms with E-state index >= 15 is 0 Å². The van der Waals surface area contributed by atoms with Gasteiger partial charge in [-0.05, 0) is 65.9 Å². The van der Waals surface area contributed by atoms with Crippen LogP contribution in [0.4, 0.5) is 0 Å². The molecule has 0 spiro atoms. The number of hydrogen-bond acceptors (Lipinski definition) is 4. The lowest BCUT2D eigenvalue weighted by Crippen LogP contribution is -2.05. The molecule has 6 aromatic rings. The number of hydrogen-bond donors (Lipinski definition) is 1. The van der Waals surface area contributed by atoms with Crippen LogP contribution in [0.2, 0.25) is 0 Å². The van der Waals surface area contributed by atoms with Gasteiger partial charge in [-0.2, -0.15) is 0 Å². The zero-order valence-electron chi connectivity index (χ0n) is 23.3. The number of para-hydroxylation sites is 2. The quantitative estimate of drug-likeness (QED) is 0.243. The highest BCUT2D eigenvalue weighted by molar-refractivity contribution is 5.96. The summed E-state index contributed by atoms with van der Waals surface area (Å²) in [7, 11) is 2.06. The van der Waals surface area contributed by atoms with Gasteiger partial charge in [0.25, 0.3) is 1.43 Å². The molecule has 2 heterocycles. The zero-order chi connectivity index (χ0) is 27.8. The summed E-state index contributed by atoms with van der Waals surface area (Å²) in [5.74, 6) is 1.33. The van der Waals surface area contributed by atoms with Crippen molar-refractivity contribution in [3.05, 3.63) is 107 Å². The summed E-state index contributed by atoms with van der Waals surface area (Å²) >= 11 is 0. The molecule has 0 aliphatic rings. The lowest BCUT2D eigenvalue weighted by molar-refractivity contribution is 0.0697. The number of nitrogens with zero attached hydrogens (tertiary/aromatic N) is 4. The van der Waals surface area contributed by atoms with Crippen molar-refractivity contribution in [1.29, 1.82) is 1.43 Å². The van der Waals surface area contributed by atoms with Gasteiger partial charge in [0.15, 0.2) is 0 Å². The summed E-state index contributed by atoms with van der Waals surface area (Å²) in [6.45, 7) is 4.97. The predicted octanol–water partition coefficient (Wildman–Crippen LogP) is 7.26. The van der Waals surface area contributed by atoms with E-state index in [9.17, 15) is 4.79 Å². The first-order valence-electron chi connectivity index (χ1n) is 13.7. The Morgan fingerprint density at radius 1 is 0.923 bits per heavy atom. The second kappa shape index (κ2) is 9.87. The van der Waals surface area contributed by atoms with Crippen LogP contribution in [-0.2, 0) is 20.0 Å². The molecule has 6 nitrogen and oxygen atoms in total. The number of carbonyl (C=O) groups is 1. The number of rotatable bonds is 7. The van der Waals surface area contributed by atoms with E-state index in [2.05, 4.69) is 65.5 Å². The fourth-order valence-electron chi connectivity index (χ4n) is 5.45. The Hall–Kier alpha value is -4.71. The standard InChI is InChI=1S/C33H30N4O2/c1-4-9-30-35-31-21(2)18-24(32-34-27-12-7-8-13-28(27)36(32)3)19-29(31)37(30)20-22-14-16-23(17-15-22)25-10-5-6-11-26(25)33(38)39/h5-8,10-19H,4,9,20H2,1-3H3,(H,38,39)/i/hD. The van der Waals surface area contributed by atoms with Gasteiger partial charge >= 0.3 is 5.97 Å². The molecule has 0 radical (unpaired) electrons. The molecule has 1 N–H and O–H groups in total. The molecule has 194 valence electrons. The number of fused-ring (bicyclic) bond motifs is 2. The van der Waals surface area contributed by atoms with Gasteiger partial charge in [-0.15, -0.1) is 0 Å². The lowest BCUT2D eigenvalue weighted by atomic mass is 9.98. The highest BCUT2D eigenvalue weighted by Crippen LogP contribution is 2.31. The average Bonchev–Trinajstić information content (AvgIpc) is 3.50. The van der Waals surface area contributed by atoms with Crippen LogP contribution in [0.1, 0.15) is 40.7 Å². The maximum absolute atomic E-state index is 12.1. The Morgan fingerprint density at radius 2 is 1.69 bits per heavy atom. The minimum absolute atomic E-state index is 0.376. The summed E-state index contributed by atoms with van der Waals surface area (Å²) in [4.78, 5) is 22.1. The van der Waals surface area contributed by atoms with Gasteiger partial charge in [0.2, 0.25) is 0 Å². The molecule has 0 saturated heterocycles. The van der Waals surface area contributed by atoms with Crippen LogP contribution < -0.4 is 0 Å². The second-order valence-electron chi connectivity index (χ2n) is 10.0. The molecular formula is C33H30N4O2. The van der Waals surface area contributed by atoms with Crippen molar-refractivity contribution in [2.45, 2.75) is 33.2 Å². The third-order valence-corrected chi connectivity index (χ3v) is 7.40. The number of carboxylic acid groups (broad SMARTS) is 1. The summed E-state index contributed by atoms with van der Waals surface area (Å²) < 4.78 is 11.5. The van der Waals surface area contributed by atoms with E-state index in [4.69, 9.17) is 11.4 Å². The molecular weight excluding hydrogens is 484 g/mol. The van der Waals surface area contributed by atoms with Crippen LogP contribution in [0.15, 0.2) is 84.9 Å². The number of carboxylic acids is 1. The molecule has 2 aromatic heterocycles. The number of benzene rings is 4. The molecule has 0 fully saturated rings. The maximum Gasteiger partial charge on any atom is 0.336 e. The largest absolute Gasteiger partial charge is 0.478 e. The third kappa shape index (κ3) is 4.38. The summed E-state index contributed by atoms with van der Waals surface area (Å²) in [5.41, 5.74) is 9.55. The first-order valence-corrected chi connectivity index (χ1v) is 13.3. The van der Waals surface area contributed by atoms with Crippen molar-refractivity contribution >= 4 is 28.0 Å². The molecule has 6 rings (SSSR count). The fraction of sp³-hybridized carbons (Fsp3) is 0.182. The monoisotopic (exact) mass is 515 g/mol. The van der Waals surface area contributed by atoms with Crippen LogP contribution in [0, 0.1) is 6.92 Å². The SMILES string of the molecule is [2H]OC(=O)c1ccccc1-c1ccc(Cn2c(CCC)nc3c(C)cc(-c4nc5ccccc5n4C)cc32)cc1. The maximum atomic E-state index is 12.1. The molecule has 0 amide bonds. The lowest BCUT2D eigenvalue weighted by Gasteiger charge is -2.12. The summed E-state index contributed by atoms with van der Waals surface area (Å²) in [6, 6.07) is 28.0. The minimum Gasteiger partial charge on any atom is -0.478 e. The first kappa shape index (κ1) is 23.4. The van der Waals surface area contributed by atoms with E-state index in [1.807, 2.05) is 42.5 Å². The molecule has 4 aromatic carbocycles. The minimum atomic E-state index is -0.666. The highest BCUT2D eigenvalue weighted by Gasteiger charge is 2.17. The van der Waals surface area contributed by atoms with Crippen LogP contribution in [-0.4, -0.2) is 30.2 Å². The van der Waals surface area contributed by atoms with Crippen molar-refractivity contribution in [1.82, 2.24) is 19.1 Å². The number of aromatic nitrogens is 4. The molecule has 39 heavy (non-hydrogen) atoms. The average molecular weight is 516 g/mol.